The van der Waals surface area contributed by atoms with Crippen LogP contribution in [-0.4, -0.2) is 18.9 Å². The Labute approximate surface area is 140 Å². The van der Waals surface area contributed by atoms with Crippen LogP contribution in [0.25, 0.3) is 0 Å². The third kappa shape index (κ3) is 3.08. The van der Waals surface area contributed by atoms with E-state index < -0.39 is 5.92 Å². The van der Waals surface area contributed by atoms with Crippen LogP contribution in [0.1, 0.15) is 23.5 Å². The zero-order valence-corrected chi connectivity index (χ0v) is 13.5. The summed E-state index contributed by atoms with van der Waals surface area (Å²) >= 11 is 6.10. The smallest absolute Gasteiger partial charge is 0.228 e. The molecule has 0 spiro atoms. The van der Waals surface area contributed by atoms with Crippen LogP contribution in [0.4, 0.5) is 5.69 Å². The molecule has 0 aromatic heterocycles. The van der Waals surface area contributed by atoms with Crippen molar-refractivity contribution in [2.45, 2.75) is 18.9 Å². The van der Waals surface area contributed by atoms with Crippen molar-refractivity contribution in [2.75, 3.05) is 11.9 Å². The molecule has 5 heteroatoms. The second-order valence-corrected chi connectivity index (χ2v) is 5.98. The highest BCUT2D eigenvalue weighted by atomic mass is 35.5. The van der Waals surface area contributed by atoms with Crippen LogP contribution < -0.4 is 10.2 Å². The Morgan fingerprint density at radius 2 is 1.91 bits per heavy atom. The molecule has 0 radical (unpaired) electrons. The van der Waals surface area contributed by atoms with Gasteiger partial charge in [-0.05, 0) is 23.3 Å². The Hall–Kier alpha value is -2.33. The number of carbonyl (C=O) groups is 2. The number of para-hydroxylation sites is 1. The van der Waals surface area contributed by atoms with Gasteiger partial charge >= 0.3 is 0 Å². The molecule has 2 aromatic carbocycles. The summed E-state index contributed by atoms with van der Waals surface area (Å²) in [5.74, 6) is -0.669. The minimum Gasteiger partial charge on any atom is -0.351 e. The summed E-state index contributed by atoms with van der Waals surface area (Å²) in [4.78, 5) is 26.3. The van der Waals surface area contributed by atoms with Crippen LogP contribution in [0.5, 0.6) is 0 Å². The second-order valence-electron chi connectivity index (χ2n) is 5.58. The average Bonchev–Trinajstić information content (AvgIpc) is 2.57. The lowest BCUT2D eigenvalue weighted by atomic mass is 9.89. The van der Waals surface area contributed by atoms with Crippen molar-refractivity contribution < 1.29 is 9.59 Å². The highest BCUT2D eigenvalue weighted by Gasteiger charge is 2.33. The number of rotatable bonds is 3. The fraction of sp³-hybridized carbons (Fsp3) is 0.222. The van der Waals surface area contributed by atoms with E-state index in [4.69, 9.17) is 11.6 Å². The predicted octanol–water partition coefficient (Wildman–Crippen LogP) is 3.11. The molecule has 0 fully saturated rings. The van der Waals surface area contributed by atoms with Crippen LogP contribution in [0.3, 0.4) is 0 Å². The Bertz CT molecular complexity index is 760. The summed E-state index contributed by atoms with van der Waals surface area (Å²) in [7, 11) is 1.74. The van der Waals surface area contributed by atoms with Crippen LogP contribution in [-0.2, 0) is 16.1 Å². The van der Waals surface area contributed by atoms with Crippen molar-refractivity contribution in [1.82, 2.24) is 5.32 Å². The molecule has 2 amide bonds. The van der Waals surface area contributed by atoms with Crippen molar-refractivity contribution >= 4 is 29.1 Å². The fourth-order valence-electron chi connectivity index (χ4n) is 2.82. The van der Waals surface area contributed by atoms with E-state index >= 15 is 0 Å². The summed E-state index contributed by atoms with van der Waals surface area (Å²) in [6.45, 7) is 0.348. The molecule has 4 nitrogen and oxygen atoms in total. The lowest BCUT2D eigenvalue weighted by Gasteiger charge is -2.30. The van der Waals surface area contributed by atoms with E-state index in [0.717, 1.165) is 16.8 Å². The van der Waals surface area contributed by atoms with E-state index in [-0.39, 0.29) is 18.2 Å². The number of hydrogen-bond acceptors (Lipinski definition) is 2. The standard InChI is InChI=1S/C18H17ClN2O2/c1-21-16-9-5-3-7-13(16)14(10-17(21)22)18(23)20-11-12-6-2-4-8-15(12)19/h2-9,14H,10-11H2,1H3,(H,20,23). The number of benzene rings is 2. The molecule has 118 valence electrons. The molecule has 1 aliphatic rings. The maximum absolute atomic E-state index is 12.6. The molecule has 1 aliphatic heterocycles. The number of hydrogen-bond donors (Lipinski definition) is 1. The minimum atomic E-state index is -0.461. The molecule has 0 bridgehead atoms. The van der Waals surface area contributed by atoms with E-state index in [1.54, 1.807) is 18.0 Å². The molecule has 3 rings (SSSR count). The average molecular weight is 329 g/mol. The van der Waals surface area contributed by atoms with Gasteiger partial charge in [-0.3, -0.25) is 9.59 Å². The number of nitrogens with zero attached hydrogens (tertiary/aromatic N) is 1. The van der Waals surface area contributed by atoms with Crippen molar-refractivity contribution in [3.63, 3.8) is 0 Å². The summed E-state index contributed by atoms with van der Waals surface area (Å²) in [5.41, 5.74) is 2.53. The molecule has 0 aliphatic carbocycles. The van der Waals surface area contributed by atoms with Crippen LogP contribution in [0.2, 0.25) is 5.02 Å². The highest BCUT2D eigenvalue weighted by molar-refractivity contribution is 6.31. The summed E-state index contributed by atoms with van der Waals surface area (Å²) in [6, 6.07) is 14.9. The number of nitrogens with one attached hydrogen (secondary N) is 1. The highest BCUT2D eigenvalue weighted by Crippen LogP contribution is 2.35. The Morgan fingerprint density at radius 3 is 2.70 bits per heavy atom. The van der Waals surface area contributed by atoms with Gasteiger partial charge in [0.1, 0.15) is 0 Å². The van der Waals surface area contributed by atoms with E-state index in [0.29, 0.717) is 11.6 Å². The van der Waals surface area contributed by atoms with Gasteiger partial charge in [0.15, 0.2) is 0 Å². The lowest BCUT2D eigenvalue weighted by Crippen LogP contribution is -2.39. The number of amides is 2. The van der Waals surface area contributed by atoms with Gasteiger partial charge in [-0.1, -0.05) is 48.0 Å². The summed E-state index contributed by atoms with van der Waals surface area (Å²) in [5, 5.41) is 3.51. The fourth-order valence-corrected chi connectivity index (χ4v) is 3.03. The first-order valence-corrected chi connectivity index (χ1v) is 7.82. The van der Waals surface area contributed by atoms with Gasteiger partial charge < -0.3 is 10.2 Å². The van der Waals surface area contributed by atoms with Crippen molar-refractivity contribution in [3.8, 4) is 0 Å². The van der Waals surface area contributed by atoms with Crippen molar-refractivity contribution in [3.05, 3.63) is 64.7 Å². The zero-order chi connectivity index (χ0) is 16.4. The van der Waals surface area contributed by atoms with E-state index in [1.807, 2.05) is 42.5 Å². The quantitative estimate of drug-likeness (QED) is 0.941. The molecule has 0 saturated carbocycles. The summed E-state index contributed by atoms with van der Waals surface area (Å²) in [6.07, 6.45) is 0.182. The normalized spacial score (nSPS) is 16.9. The SMILES string of the molecule is CN1C(=O)CC(C(=O)NCc2ccccc2Cl)c2ccccc21. The van der Waals surface area contributed by atoms with Gasteiger partial charge in [0, 0.05) is 30.7 Å². The third-order valence-corrected chi connectivity index (χ3v) is 4.52. The molecule has 1 atom stereocenters. The maximum Gasteiger partial charge on any atom is 0.228 e. The number of halogens is 1. The van der Waals surface area contributed by atoms with E-state index in [1.165, 1.54) is 0 Å². The van der Waals surface area contributed by atoms with Crippen molar-refractivity contribution in [2.24, 2.45) is 0 Å². The van der Waals surface area contributed by atoms with Gasteiger partial charge in [-0.15, -0.1) is 0 Å². The first kappa shape index (κ1) is 15.6. The Balaban J connectivity index is 1.79. The van der Waals surface area contributed by atoms with Crippen LogP contribution >= 0.6 is 11.6 Å². The largest absolute Gasteiger partial charge is 0.351 e. The van der Waals surface area contributed by atoms with Crippen molar-refractivity contribution in [1.29, 1.82) is 0 Å². The van der Waals surface area contributed by atoms with E-state index in [9.17, 15) is 9.59 Å². The van der Waals surface area contributed by atoms with Gasteiger partial charge in [0.2, 0.25) is 11.8 Å². The monoisotopic (exact) mass is 328 g/mol. The van der Waals surface area contributed by atoms with E-state index in [2.05, 4.69) is 5.32 Å². The zero-order valence-electron chi connectivity index (χ0n) is 12.8. The lowest BCUT2D eigenvalue weighted by molar-refractivity contribution is -0.127. The molecule has 0 saturated heterocycles. The van der Waals surface area contributed by atoms with Gasteiger partial charge in [0.25, 0.3) is 0 Å². The van der Waals surface area contributed by atoms with Gasteiger partial charge in [-0.25, -0.2) is 0 Å². The predicted molar refractivity (Wildman–Crippen MR) is 90.5 cm³/mol. The molecule has 23 heavy (non-hydrogen) atoms. The number of anilines is 1. The van der Waals surface area contributed by atoms with Gasteiger partial charge in [0.05, 0.1) is 5.92 Å². The molecule has 1 heterocycles. The maximum atomic E-state index is 12.6. The second kappa shape index (κ2) is 6.42. The minimum absolute atomic E-state index is 0.0541. The Morgan fingerprint density at radius 1 is 1.22 bits per heavy atom. The molecule has 2 aromatic rings. The van der Waals surface area contributed by atoms with Crippen LogP contribution in [0, 0.1) is 0 Å². The van der Waals surface area contributed by atoms with Gasteiger partial charge in [-0.2, -0.15) is 0 Å². The number of carbonyl (C=O) groups excluding carboxylic acids is 2. The topological polar surface area (TPSA) is 49.4 Å². The molecular formula is C18H17ClN2O2. The first-order valence-electron chi connectivity index (χ1n) is 7.44. The molecular weight excluding hydrogens is 312 g/mol. The molecule has 1 unspecified atom stereocenters. The van der Waals surface area contributed by atoms with Crippen LogP contribution in [0.15, 0.2) is 48.5 Å². The number of fused-ring (bicyclic) bond motifs is 1. The molecule has 1 N–H and O–H groups in total. The third-order valence-electron chi connectivity index (χ3n) is 4.15. The Kier molecular flexibility index (Phi) is 4.35. The summed E-state index contributed by atoms with van der Waals surface area (Å²) < 4.78 is 0. The first-order chi connectivity index (χ1) is 11.1.